The van der Waals surface area contributed by atoms with Crippen molar-refractivity contribution in [3.63, 3.8) is 0 Å². The van der Waals surface area contributed by atoms with Crippen LogP contribution in [0.1, 0.15) is 37.7 Å². The van der Waals surface area contributed by atoms with E-state index in [0.717, 1.165) is 15.6 Å². The van der Waals surface area contributed by atoms with E-state index < -0.39 is 24.5 Å². The molecule has 0 aliphatic rings. The monoisotopic (exact) mass is 601 g/mol. The molecular weight excluding hydrogens is 579 g/mol. The first-order valence-electron chi connectivity index (χ1n) is 11.7. The summed E-state index contributed by atoms with van der Waals surface area (Å²) >= 11 is 3.40. The fraction of sp³-hybridized carbons (Fsp3) is 0.185. The molecule has 4 aromatic rings. The predicted molar refractivity (Wildman–Crippen MR) is 140 cm³/mol. The summed E-state index contributed by atoms with van der Waals surface area (Å²) in [4.78, 5) is 25.1. The Balaban J connectivity index is 1.53. The van der Waals surface area contributed by atoms with Crippen LogP contribution in [-0.2, 0) is 24.5 Å². The molecule has 12 heteroatoms. The lowest BCUT2D eigenvalue weighted by molar-refractivity contribution is -0.123. The average Bonchev–Trinajstić information content (AvgIpc) is 3.34. The van der Waals surface area contributed by atoms with Crippen LogP contribution in [0.5, 0.6) is 0 Å². The number of halogens is 4. The van der Waals surface area contributed by atoms with Gasteiger partial charge in [0.2, 0.25) is 0 Å². The van der Waals surface area contributed by atoms with Gasteiger partial charge in [0.1, 0.15) is 12.2 Å². The Morgan fingerprint density at radius 1 is 0.872 bits per heavy atom. The van der Waals surface area contributed by atoms with Crippen LogP contribution in [0.2, 0.25) is 0 Å². The molecule has 0 unspecified atom stereocenters. The number of nitrogens with zero attached hydrogens (tertiary/aromatic N) is 3. The Morgan fingerprint density at radius 3 is 2.28 bits per heavy atom. The van der Waals surface area contributed by atoms with Gasteiger partial charge in [-0.15, -0.1) is 5.10 Å². The van der Waals surface area contributed by atoms with E-state index in [1.165, 1.54) is 28.9 Å². The lowest BCUT2D eigenvalue weighted by Crippen LogP contribution is -2.33. The molecule has 0 atom stereocenters. The van der Waals surface area contributed by atoms with Crippen LogP contribution in [0.25, 0.3) is 5.69 Å². The van der Waals surface area contributed by atoms with Gasteiger partial charge in [-0.2, -0.15) is 13.2 Å². The zero-order chi connectivity index (χ0) is 27.8. The molecule has 0 bridgehead atoms. The fourth-order valence-electron chi connectivity index (χ4n) is 3.60. The van der Waals surface area contributed by atoms with Gasteiger partial charge < -0.3 is 15.4 Å². The summed E-state index contributed by atoms with van der Waals surface area (Å²) < 4.78 is 45.4. The van der Waals surface area contributed by atoms with Gasteiger partial charge in [0.25, 0.3) is 11.8 Å². The van der Waals surface area contributed by atoms with Crippen molar-refractivity contribution < 1.29 is 27.5 Å². The number of carbonyl (C=O) groups is 2. The first-order valence-corrected chi connectivity index (χ1v) is 12.5. The van der Waals surface area contributed by atoms with E-state index in [4.69, 9.17) is 4.74 Å². The summed E-state index contributed by atoms with van der Waals surface area (Å²) in [5, 5.41) is 12.8. The second-order valence-corrected chi connectivity index (χ2v) is 9.35. The van der Waals surface area contributed by atoms with Gasteiger partial charge in [0.05, 0.1) is 18.9 Å². The minimum atomic E-state index is -4.51. The number of hydrogen-bond donors (Lipinski definition) is 2. The van der Waals surface area contributed by atoms with E-state index in [1.807, 2.05) is 59.9 Å². The topological polar surface area (TPSA) is 98.1 Å². The average molecular weight is 602 g/mol. The number of nitrogens with one attached hydrogen (secondary N) is 2. The summed E-state index contributed by atoms with van der Waals surface area (Å²) in [7, 11) is 0. The quantitative estimate of drug-likeness (QED) is 0.267. The molecule has 4 rings (SSSR count). The van der Waals surface area contributed by atoms with E-state index in [0.29, 0.717) is 11.4 Å². The third-order valence-electron chi connectivity index (χ3n) is 5.49. The van der Waals surface area contributed by atoms with Crippen molar-refractivity contribution in [1.82, 2.24) is 25.6 Å². The Labute approximate surface area is 230 Å². The van der Waals surface area contributed by atoms with Crippen LogP contribution in [0.4, 0.5) is 13.2 Å². The number of benzene rings is 3. The van der Waals surface area contributed by atoms with Gasteiger partial charge in [0, 0.05) is 16.6 Å². The summed E-state index contributed by atoms with van der Waals surface area (Å²) in [6.07, 6.45) is -4.51. The van der Waals surface area contributed by atoms with Crippen LogP contribution in [-0.4, -0.2) is 39.5 Å². The van der Waals surface area contributed by atoms with E-state index in [2.05, 4.69) is 31.6 Å². The molecule has 2 N–H and O–H groups in total. The number of hydrogen-bond acceptors (Lipinski definition) is 5. The van der Waals surface area contributed by atoms with Gasteiger partial charge in [0.15, 0.2) is 5.69 Å². The Bertz CT molecular complexity index is 1430. The standard InChI is InChI=1S/C27H23BrF3N5O3/c28-21-8-4-7-19(13-21)14-32-26(38)24-23(16-39-15-18-5-2-1-3-6-18)36(35-34-24)22-11-9-20(10-12-22)25(37)33-17-27(29,30)31/h1-13H,14-17H2,(H,32,38)(H,33,37). The summed E-state index contributed by atoms with van der Waals surface area (Å²) in [5.74, 6) is -1.32. The summed E-state index contributed by atoms with van der Waals surface area (Å²) in [6.45, 7) is -0.895. The summed E-state index contributed by atoms with van der Waals surface area (Å²) in [5.41, 5.74) is 2.73. The maximum atomic E-state index is 13.1. The predicted octanol–water partition coefficient (Wildman–Crippen LogP) is 4.97. The number of rotatable bonds is 10. The van der Waals surface area contributed by atoms with E-state index in [1.54, 1.807) is 0 Å². The van der Waals surface area contributed by atoms with Gasteiger partial charge in [-0.25, -0.2) is 4.68 Å². The highest BCUT2D eigenvalue weighted by Gasteiger charge is 2.28. The number of ether oxygens (including phenoxy) is 1. The first kappa shape index (κ1) is 28.0. The van der Waals surface area contributed by atoms with Crippen molar-refractivity contribution >= 4 is 27.7 Å². The third-order valence-corrected chi connectivity index (χ3v) is 5.99. The van der Waals surface area contributed by atoms with Crippen LogP contribution >= 0.6 is 15.9 Å². The molecule has 202 valence electrons. The van der Waals surface area contributed by atoms with Crippen molar-refractivity contribution in [3.8, 4) is 5.69 Å². The molecule has 0 saturated carbocycles. The molecule has 0 spiro atoms. The Hall–Kier alpha value is -4.03. The van der Waals surface area contributed by atoms with Crippen LogP contribution in [0.15, 0.2) is 83.3 Å². The zero-order valence-corrected chi connectivity index (χ0v) is 22.0. The van der Waals surface area contributed by atoms with Gasteiger partial charge in [-0.05, 0) is 47.5 Å². The molecule has 39 heavy (non-hydrogen) atoms. The maximum Gasteiger partial charge on any atom is 0.405 e. The molecular formula is C27H23BrF3N5O3. The van der Waals surface area contributed by atoms with Gasteiger partial charge >= 0.3 is 6.18 Å². The normalized spacial score (nSPS) is 11.3. The molecule has 0 radical (unpaired) electrons. The molecule has 3 aromatic carbocycles. The molecule has 0 saturated heterocycles. The molecule has 1 heterocycles. The molecule has 0 aliphatic heterocycles. The van der Waals surface area contributed by atoms with Crippen molar-refractivity contribution in [3.05, 3.63) is 111 Å². The first-order chi connectivity index (χ1) is 18.7. The van der Waals surface area contributed by atoms with E-state index >= 15 is 0 Å². The van der Waals surface area contributed by atoms with Crippen LogP contribution < -0.4 is 10.6 Å². The van der Waals surface area contributed by atoms with Crippen molar-refractivity contribution in [2.75, 3.05) is 6.54 Å². The molecule has 2 amide bonds. The molecule has 8 nitrogen and oxygen atoms in total. The van der Waals surface area contributed by atoms with E-state index in [-0.39, 0.29) is 31.0 Å². The Morgan fingerprint density at radius 2 is 1.59 bits per heavy atom. The lowest BCUT2D eigenvalue weighted by atomic mass is 10.2. The highest BCUT2D eigenvalue weighted by molar-refractivity contribution is 9.10. The zero-order valence-electron chi connectivity index (χ0n) is 20.4. The maximum absolute atomic E-state index is 13.1. The number of amides is 2. The highest BCUT2D eigenvalue weighted by Crippen LogP contribution is 2.18. The van der Waals surface area contributed by atoms with E-state index in [9.17, 15) is 22.8 Å². The minimum absolute atomic E-state index is 0.00461. The second-order valence-electron chi connectivity index (χ2n) is 8.43. The van der Waals surface area contributed by atoms with Gasteiger partial charge in [-0.1, -0.05) is 63.6 Å². The van der Waals surface area contributed by atoms with Crippen molar-refractivity contribution in [2.45, 2.75) is 25.9 Å². The number of aromatic nitrogens is 3. The second kappa shape index (κ2) is 12.7. The van der Waals surface area contributed by atoms with Gasteiger partial charge in [-0.3, -0.25) is 9.59 Å². The van der Waals surface area contributed by atoms with Crippen LogP contribution in [0.3, 0.4) is 0 Å². The van der Waals surface area contributed by atoms with Crippen LogP contribution in [0, 0.1) is 0 Å². The van der Waals surface area contributed by atoms with Crippen molar-refractivity contribution in [2.24, 2.45) is 0 Å². The Kier molecular flexibility index (Phi) is 9.10. The SMILES string of the molecule is O=C(NCC(F)(F)F)c1ccc(-n2nnc(C(=O)NCc3cccc(Br)c3)c2COCc2ccccc2)cc1. The largest absolute Gasteiger partial charge is 0.405 e. The molecule has 1 aromatic heterocycles. The fourth-order valence-corrected chi connectivity index (χ4v) is 4.05. The molecule has 0 fully saturated rings. The summed E-state index contributed by atoms with van der Waals surface area (Å²) in [6, 6.07) is 22.7. The third kappa shape index (κ3) is 7.98. The molecule has 0 aliphatic carbocycles. The highest BCUT2D eigenvalue weighted by atomic mass is 79.9. The minimum Gasteiger partial charge on any atom is -0.370 e. The van der Waals surface area contributed by atoms with Crippen molar-refractivity contribution in [1.29, 1.82) is 0 Å². The number of carbonyl (C=O) groups excluding carboxylic acids is 2. The smallest absolute Gasteiger partial charge is 0.370 e. The number of alkyl halides is 3. The lowest BCUT2D eigenvalue weighted by Gasteiger charge is -2.11.